The molecule has 2 aromatic rings. The van der Waals surface area contributed by atoms with Crippen LogP contribution in [0, 0.1) is 6.92 Å². The van der Waals surface area contributed by atoms with Crippen molar-refractivity contribution in [3.05, 3.63) is 58.6 Å². The van der Waals surface area contributed by atoms with Crippen molar-refractivity contribution in [1.29, 1.82) is 0 Å². The van der Waals surface area contributed by atoms with E-state index in [-0.39, 0.29) is 30.9 Å². The Morgan fingerprint density at radius 2 is 1.72 bits per heavy atom. The van der Waals surface area contributed by atoms with Crippen molar-refractivity contribution in [2.24, 2.45) is 0 Å². The Hall–Kier alpha value is -3.06. The number of amides is 2. The van der Waals surface area contributed by atoms with Gasteiger partial charge >= 0.3 is 5.97 Å². The molecule has 0 aliphatic carbocycles. The summed E-state index contributed by atoms with van der Waals surface area (Å²) in [6.07, 6.45) is 0.761. The van der Waals surface area contributed by atoms with Gasteiger partial charge in [0.25, 0.3) is 0 Å². The van der Waals surface area contributed by atoms with E-state index in [0.29, 0.717) is 28.6 Å². The summed E-state index contributed by atoms with van der Waals surface area (Å²) in [4.78, 5) is 35.7. The molecule has 2 amide bonds. The van der Waals surface area contributed by atoms with Crippen molar-refractivity contribution < 1.29 is 19.1 Å². The molecule has 0 aromatic heterocycles. The zero-order chi connectivity index (χ0) is 21.2. The van der Waals surface area contributed by atoms with E-state index in [2.05, 4.69) is 16.0 Å². The molecular weight excluding hydrogens is 394 g/mol. The average molecular weight is 418 g/mol. The van der Waals surface area contributed by atoms with Gasteiger partial charge in [-0.05, 0) is 55.3 Å². The Morgan fingerprint density at radius 3 is 2.41 bits per heavy atom. The second kappa shape index (κ2) is 11.1. The lowest BCUT2D eigenvalue weighted by molar-refractivity contribution is -0.122. The molecule has 0 saturated heterocycles. The highest BCUT2D eigenvalue weighted by molar-refractivity contribution is 6.31. The van der Waals surface area contributed by atoms with Crippen LogP contribution in [0.3, 0.4) is 0 Å². The van der Waals surface area contributed by atoms with Gasteiger partial charge in [-0.15, -0.1) is 0 Å². The molecule has 0 radical (unpaired) electrons. The lowest BCUT2D eigenvalue weighted by atomic mass is 10.2. The van der Waals surface area contributed by atoms with E-state index < -0.39 is 0 Å². The monoisotopic (exact) mass is 417 g/mol. The van der Waals surface area contributed by atoms with Crippen LogP contribution in [-0.2, 0) is 14.3 Å². The lowest BCUT2D eigenvalue weighted by Gasteiger charge is -2.11. The first-order chi connectivity index (χ1) is 13.9. The van der Waals surface area contributed by atoms with Crippen LogP contribution >= 0.6 is 11.6 Å². The number of esters is 1. The summed E-state index contributed by atoms with van der Waals surface area (Å²) in [7, 11) is 0. The number of carbonyl (C=O) groups is 3. The molecule has 0 fully saturated rings. The molecule has 2 aromatic carbocycles. The molecule has 154 valence electrons. The zero-order valence-corrected chi connectivity index (χ0v) is 17.1. The van der Waals surface area contributed by atoms with Crippen LogP contribution in [-0.4, -0.2) is 37.5 Å². The second-order valence-electron chi connectivity index (χ2n) is 6.30. The van der Waals surface area contributed by atoms with Crippen molar-refractivity contribution in [2.45, 2.75) is 20.3 Å². The number of hydrogen-bond donors (Lipinski definition) is 3. The predicted octanol–water partition coefficient (Wildman–Crippen LogP) is 3.38. The molecule has 0 aliphatic heterocycles. The molecule has 29 heavy (non-hydrogen) atoms. The Morgan fingerprint density at radius 1 is 1.00 bits per heavy atom. The number of rotatable bonds is 9. The first-order valence-electron chi connectivity index (χ1n) is 9.23. The third-order valence-electron chi connectivity index (χ3n) is 4.00. The first kappa shape index (κ1) is 22.2. The standard InChI is InChI=1S/C21H24ClN3O4/c1-3-11-29-21(28)15-7-9-16(10-8-15)23-12-19(26)24-13-20(27)25-18-6-4-5-17(22)14(18)2/h4-10,23H,3,11-13H2,1-2H3,(H,24,26)(H,25,27). The fourth-order valence-corrected chi connectivity index (χ4v) is 2.54. The molecule has 0 spiro atoms. The first-order valence-corrected chi connectivity index (χ1v) is 9.61. The summed E-state index contributed by atoms with van der Waals surface area (Å²) >= 11 is 6.02. The number of carbonyl (C=O) groups excluding carboxylic acids is 3. The van der Waals surface area contributed by atoms with Gasteiger partial charge in [0.1, 0.15) is 0 Å². The van der Waals surface area contributed by atoms with Gasteiger partial charge in [0.15, 0.2) is 0 Å². The summed E-state index contributed by atoms with van der Waals surface area (Å²) < 4.78 is 5.06. The molecule has 3 N–H and O–H groups in total. The van der Waals surface area contributed by atoms with E-state index >= 15 is 0 Å². The largest absolute Gasteiger partial charge is 0.462 e. The number of hydrogen-bond acceptors (Lipinski definition) is 5. The fourth-order valence-electron chi connectivity index (χ4n) is 2.36. The second-order valence-corrected chi connectivity index (χ2v) is 6.71. The Kier molecular flexibility index (Phi) is 8.48. The highest BCUT2D eigenvalue weighted by atomic mass is 35.5. The topological polar surface area (TPSA) is 96.5 Å². The molecule has 0 atom stereocenters. The average Bonchev–Trinajstić information content (AvgIpc) is 2.72. The smallest absolute Gasteiger partial charge is 0.338 e. The minimum atomic E-state index is -0.378. The minimum absolute atomic E-state index is 0.0108. The molecule has 0 saturated carbocycles. The number of nitrogens with one attached hydrogen (secondary N) is 3. The van der Waals surface area contributed by atoms with Gasteiger partial charge in [0.05, 0.1) is 25.3 Å². The third kappa shape index (κ3) is 7.12. The van der Waals surface area contributed by atoms with E-state index in [4.69, 9.17) is 16.3 Å². The van der Waals surface area contributed by atoms with Crippen LogP contribution in [0.1, 0.15) is 29.3 Å². The molecule has 0 aliphatic rings. The number of anilines is 2. The maximum Gasteiger partial charge on any atom is 0.338 e. The molecule has 8 heteroatoms. The van der Waals surface area contributed by atoms with Crippen LogP contribution in [0.2, 0.25) is 5.02 Å². The van der Waals surface area contributed by atoms with E-state index in [0.717, 1.165) is 12.0 Å². The van der Waals surface area contributed by atoms with Gasteiger partial charge in [-0.1, -0.05) is 24.6 Å². The zero-order valence-electron chi connectivity index (χ0n) is 16.4. The van der Waals surface area contributed by atoms with E-state index in [9.17, 15) is 14.4 Å². The van der Waals surface area contributed by atoms with Crippen molar-refractivity contribution in [3.8, 4) is 0 Å². The molecule has 0 unspecified atom stereocenters. The van der Waals surface area contributed by atoms with E-state index in [1.165, 1.54) is 0 Å². The van der Waals surface area contributed by atoms with E-state index in [1.807, 2.05) is 6.92 Å². The number of benzene rings is 2. The van der Waals surface area contributed by atoms with Crippen LogP contribution in [0.25, 0.3) is 0 Å². The molecular formula is C21H24ClN3O4. The van der Waals surface area contributed by atoms with Crippen molar-refractivity contribution >= 4 is 40.8 Å². The van der Waals surface area contributed by atoms with Gasteiger partial charge < -0.3 is 20.7 Å². The van der Waals surface area contributed by atoms with Crippen molar-refractivity contribution in [3.63, 3.8) is 0 Å². The Balaban J connectivity index is 1.74. The fraction of sp³-hybridized carbons (Fsp3) is 0.286. The maximum absolute atomic E-state index is 12.0. The van der Waals surface area contributed by atoms with Crippen molar-refractivity contribution in [1.82, 2.24) is 5.32 Å². The molecule has 7 nitrogen and oxygen atoms in total. The van der Waals surface area contributed by atoms with Gasteiger partial charge in [-0.25, -0.2) is 4.79 Å². The number of halogens is 1. The molecule has 0 bridgehead atoms. The third-order valence-corrected chi connectivity index (χ3v) is 4.41. The minimum Gasteiger partial charge on any atom is -0.462 e. The highest BCUT2D eigenvalue weighted by Crippen LogP contribution is 2.22. The van der Waals surface area contributed by atoms with Crippen molar-refractivity contribution in [2.75, 3.05) is 30.3 Å². The van der Waals surface area contributed by atoms with Crippen LogP contribution in [0.4, 0.5) is 11.4 Å². The summed E-state index contributed by atoms with van der Waals surface area (Å²) in [5.74, 6) is -1.06. The van der Waals surface area contributed by atoms with Crippen LogP contribution in [0.15, 0.2) is 42.5 Å². The highest BCUT2D eigenvalue weighted by Gasteiger charge is 2.09. The normalized spacial score (nSPS) is 10.2. The predicted molar refractivity (Wildman–Crippen MR) is 113 cm³/mol. The number of ether oxygens (including phenoxy) is 1. The molecule has 2 rings (SSSR count). The summed E-state index contributed by atoms with van der Waals surface area (Å²) in [5, 5.41) is 8.74. The summed E-state index contributed by atoms with van der Waals surface area (Å²) in [6, 6.07) is 11.8. The molecule has 0 heterocycles. The van der Waals surface area contributed by atoms with E-state index in [1.54, 1.807) is 49.4 Å². The van der Waals surface area contributed by atoms with Crippen LogP contribution in [0.5, 0.6) is 0 Å². The van der Waals surface area contributed by atoms with Gasteiger partial charge in [0.2, 0.25) is 11.8 Å². The maximum atomic E-state index is 12.0. The lowest BCUT2D eigenvalue weighted by Crippen LogP contribution is -2.36. The summed E-state index contributed by atoms with van der Waals surface area (Å²) in [5.41, 5.74) is 2.48. The quantitative estimate of drug-likeness (QED) is 0.543. The SMILES string of the molecule is CCCOC(=O)c1ccc(NCC(=O)NCC(=O)Nc2cccc(Cl)c2C)cc1. The van der Waals surface area contributed by atoms with Gasteiger partial charge in [-0.3, -0.25) is 9.59 Å². The van der Waals surface area contributed by atoms with Crippen LogP contribution < -0.4 is 16.0 Å². The summed E-state index contributed by atoms with van der Waals surface area (Å²) in [6.45, 7) is 3.93. The Bertz CT molecular complexity index is 869. The van der Waals surface area contributed by atoms with Gasteiger partial charge in [-0.2, -0.15) is 0 Å². The van der Waals surface area contributed by atoms with Gasteiger partial charge in [0, 0.05) is 16.4 Å². The Labute approximate surface area is 174 Å².